The first-order valence-corrected chi connectivity index (χ1v) is 7.06. The third-order valence-electron chi connectivity index (χ3n) is 3.17. The van der Waals surface area contributed by atoms with Gasteiger partial charge in [-0.15, -0.1) is 0 Å². The van der Waals surface area contributed by atoms with Gasteiger partial charge in [-0.2, -0.15) is 0 Å². The molecule has 0 bridgehead atoms. The van der Waals surface area contributed by atoms with Gasteiger partial charge >= 0.3 is 5.97 Å². The summed E-state index contributed by atoms with van der Waals surface area (Å²) in [5, 5.41) is 0.584. The first-order chi connectivity index (χ1) is 10.2. The average molecular weight is 306 g/mol. The van der Waals surface area contributed by atoms with E-state index in [9.17, 15) is 9.59 Å². The largest absolute Gasteiger partial charge is 0.466 e. The summed E-state index contributed by atoms with van der Waals surface area (Å²) in [7, 11) is 0. The van der Waals surface area contributed by atoms with Crippen molar-refractivity contribution in [1.82, 2.24) is 4.57 Å². The molecule has 110 valence electrons. The monoisotopic (exact) mass is 305 g/mol. The Bertz CT molecular complexity index is 636. The van der Waals surface area contributed by atoms with E-state index in [0.717, 1.165) is 11.8 Å². The van der Waals surface area contributed by atoms with Crippen molar-refractivity contribution in [2.45, 2.75) is 19.4 Å². The number of halogens is 1. The third-order valence-corrected chi connectivity index (χ3v) is 3.40. The fraction of sp³-hybridized carbons (Fsp3) is 0.250. The molecule has 0 fully saturated rings. The van der Waals surface area contributed by atoms with Crippen LogP contribution in [0, 0.1) is 0 Å². The maximum Gasteiger partial charge on any atom is 0.308 e. The number of hydrogen-bond donors (Lipinski definition) is 0. The summed E-state index contributed by atoms with van der Waals surface area (Å²) in [6.07, 6.45) is 2.68. The van der Waals surface area contributed by atoms with Gasteiger partial charge in [0, 0.05) is 11.2 Å². The smallest absolute Gasteiger partial charge is 0.308 e. The van der Waals surface area contributed by atoms with Crippen molar-refractivity contribution in [3.63, 3.8) is 0 Å². The van der Waals surface area contributed by atoms with Crippen LogP contribution in [0.2, 0.25) is 5.02 Å². The Labute approximate surface area is 128 Å². The zero-order valence-corrected chi connectivity index (χ0v) is 12.4. The van der Waals surface area contributed by atoms with Crippen LogP contribution in [-0.2, 0) is 9.53 Å². The van der Waals surface area contributed by atoms with Crippen molar-refractivity contribution in [3.8, 4) is 0 Å². The molecule has 0 aliphatic carbocycles. The van der Waals surface area contributed by atoms with Crippen molar-refractivity contribution in [2.24, 2.45) is 0 Å². The molecule has 0 aliphatic heterocycles. The molecule has 1 atom stereocenters. The Balaban J connectivity index is 2.39. The number of hydrogen-bond acceptors (Lipinski definition) is 3. The van der Waals surface area contributed by atoms with Crippen molar-refractivity contribution >= 4 is 23.9 Å². The molecule has 21 heavy (non-hydrogen) atoms. The number of benzene rings is 1. The molecule has 5 heteroatoms. The molecule has 0 spiro atoms. The number of ether oxygens (including phenoxy) is 1. The Morgan fingerprint density at radius 3 is 2.86 bits per heavy atom. The van der Waals surface area contributed by atoms with E-state index in [4.69, 9.17) is 16.3 Å². The van der Waals surface area contributed by atoms with E-state index in [2.05, 4.69) is 0 Å². The van der Waals surface area contributed by atoms with Crippen LogP contribution in [0.5, 0.6) is 0 Å². The molecule has 0 saturated heterocycles. The molecule has 1 heterocycles. The summed E-state index contributed by atoms with van der Waals surface area (Å²) < 4.78 is 6.78. The van der Waals surface area contributed by atoms with E-state index in [0.29, 0.717) is 17.3 Å². The number of aldehydes is 1. The number of esters is 1. The van der Waals surface area contributed by atoms with Crippen LogP contribution in [-0.4, -0.2) is 23.4 Å². The van der Waals surface area contributed by atoms with Gasteiger partial charge in [0.05, 0.1) is 24.8 Å². The third kappa shape index (κ3) is 3.73. The SMILES string of the molecule is CCOC(=O)CC(c1cccc(Cl)c1)n1cccc1C=O. The topological polar surface area (TPSA) is 48.3 Å². The number of nitrogens with zero attached hydrogens (tertiary/aromatic N) is 1. The molecule has 1 aromatic heterocycles. The zero-order chi connectivity index (χ0) is 15.2. The van der Waals surface area contributed by atoms with E-state index in [1.807, 2.05) is 12.1 Å². The molecule has 0 aliphatic rings. The lowest BCUT2D eigenvalue weighted by molar-refractivity contribution is -0.143. The van der Waals surface area contributed by atoms with Gasteiger partial charge in [-0.1, -0.05) is 23.7 Å². The number of carbonyl (C=O) groups excluding carboxylic acids is 2. The predicted octanol–water partition coefficient (Wildman–Crippen LogP) is 3.50. The minimum atomic E-state index is -0.321. The molecule has 2 aromatic rings. The second-order valence-electron chi connectivity index (χ2n) is 4.54. The van der Waals surface area contributed by atoms with E-state index in [1.165, 1.54) is 0 Å². The molecule has 1 unspecified atom stereocenters. The van der Waals surface area contributed by atoms with Gasteiger partial charge in [-0.3, -0.25) is 9.59 Å². The number of carbonyl (C=O) groups is 2. The van der Waals surface area contributed by atoms with Crippen molar-refractivity contribution in [1.29, 1.82) is 0 Å². The predicted molar refractivity (Wildman–Crippen MR) is 80.7 cm³/mol. The highest BCUT2D eigenvalue weighted by Gasteiger charge is 2.20. The Morgan fingerprint density at radius 1 is 1.38 bits per heavy atom. The zero-order valence-electron chi connectivity index (χ0n) is 11.7. The van der Waals surface area contributed by atoms with Crippen LogP contribution in [0.4, 0.5) is 0 Å². The molecule has 0 N–H and O–H groups in total. The minimum Gasteiger partial charge on any atom is -0.466 e. The van der Waals surface area contributed by atoms with Gasteiger partial charge in [0.1, 0.15) is 0 Å². The highest BCUT2D eigenvalue weighted by atomic mass is 35.5. The number of rotatable bonds is 6. The molecule has 0 amide bonds. The summed E-state index contributed by atoms with van der Waals surface area (Å²) in [6, 6.07) is 10.4. The van der Waals surface area contributed by atoms with Crippen LogP contribution in [0.1, 0.15) is 35.4 Å². The van der Waals surface area contributed by atoms with Gasteiger partial charge in [0.25, 0.3) is 0 Å². The Kier molecular flexibility index (Phi) is 5.17. The van der Waals surface area contributed by atoms with E-state index >= 15 is 0 Å². The fourth-order valence-corrected chi connectivity index (χ4v) is 2.46. The Hall–Kier alpha value is -2.07. The van der Waals surface area contributed by atoms with E-state index < -0.39 is 0 Å². The van der Waals surface area contributed by atoms with Crippen LogP contribution in [0.3, 0.4) is 0 Å². The van der Waals surface area contributed by atoms with Crippen LogP contribution >= 0.6 is 11.6 Å². The first-order valence-electron chi connectivity index (χ1n) is 6.68. The highest BCUT2D eigenvalue weighted by molar-refractivity contribution is 6.30. The van der Waals surface area contributed by atoms with Crippen LogP contribution < -0.4 is 0 Å². The maximum absolute atomic E-state index is 11.8. The summed E-state index contributed by atoms with van der Waals surface area (Å²) in [5.74, 6) is -0.312. The summed E-state index contributed by atoms with van der Waals surface area (Å²) in [4.78, 5) is 23.0. The first kappa shape index (κ1) is 15.3. The summed E-state index contributed by atoms with van der Waals surface area (Å²) in [6.45, 7) is 2.09. The van der Waals surface area contributed by atoms with E-state index in [-0.39, 0.29) is 18.4 Å². The summed E-state index contributed by atoms with van der Waals surface area (Å²) in [5.41, 5.74) is 1.36. The van der Waals surface area contributed by atoms with Crippen LogP contribution in [0.15, 0.2) is 42.6 Å². The molecule has 2 rings (SSSR count). The van der Waals surface area contributed by atoms with Crippen molar-refractivity contribution < 1.29 is 14.3 Å². The summed E-state index contributed by atoms with van der Waals surface area (Å²) >= 11 is 6.03. The second-order valence-corrected chi connectivity index (χ2v) is 4.97. The highest BCUT2D eigenvalue weighted by Crippen LogP contribution is 2.26. The normalized spacial score (nSPS) is 11.9. The molecular weight excluding hydrogens is 290 g/mol. The van der Waals surface area contributed by atoms with Crippen molar-refractivity contribution in [3.05, 3.63) is 58.9 Å². The minimum absolute atomic E-state index is 0.143. The van der Waals surface area contributed by atoms with E-state index in [1.54, 1.807) is 42.0 Å². The van der Waals surface area contributed by atoms with Gasteiger partial charge < -0.3 is 9.30 Å². The second kappa shape index (κ2) is 7.09. The lowest BCUT2D eigenvalue weighted by Gasteiger charge is -2.20. The van der Waals surface area contributed by atoms with Gasteiger partial charge in [-0.05, 0) is 36.8 Å². The fourth-order valence-electron chi connectivity index (χ4n) is 2.26. The quantitative estimate of drug-likeness (QED) is 0.606. The number of aromatic nitrogens is 1. The Morgan fingerprint density at radius 2 is 2.19 bits per heavy atom. The van der Waals surface area contributed by atoms with Gasteiger partial charge in [-0.25, -0.2) is 0 Å². The molecule has 0 saturated carbocycles. The standard InChI is InChI=1S/C16H16ClNO3/c1-2-21-16(20)10-15(12-5-3-6-13(17)9-12)18-8-4-7-14(18)11-19/h3-9,11,15H,2,10H2,1H3. The van der Waals surface area contributed by atoms with Crippen molar-refractivity contribution in [2.75, 3.05) is 6.61 Å². The molecular formula is C16H16ClNO3. The molecule has 1 aromatic carbocycles. The maximum atomic E-state index is 11.8. The van der Waals surface area contributed by atoms with Crippen LogP contribution in [0.25, 0.3) is 0 Å². The van der Waals surface area contributed by atoms with Gasteiger partial charge in [0.2, 0.25) is 0 Å². The molecule has 4 nitrogen and oxygen atoms in total. The molecule has 0 radical (unpaired) electrons. The lowest BCUT2D eigenvalue weighted by Crippen LogP contribution is -2.18. The average Bonchev–Trinajstić information content (AvgIpc) is 2.93. The van der Waals surface area contributed by atoms with Gasteiger partial charge in [0.15, 0.2) is 6.29 Å². The lowest BCUT2D eigenvalue weighted by atomic mass is 10.0.